The van der Waals surface area contributed by atoms with Crippen molar-refractivity contribution < 1.29 is 24.2 Å². The zero-order chi connectivity index (χ0) is 31.7. The number of esters is 2. The molecule has 0 aliphatic carbocycles. The fourth-order valence-corrected chi connectivity index (χ4v) is 8.68. The predicted molar refractivity (Wildman–Crippen MR) is 203 cm³/mol. The summed E-state index contributed by atoms with van der Waals surface area (Å²) in [6.45, 7) is 1.80. The summed E-state index contributed by atoms with van der Waals surface area (Å²) in [5, 5.41) is 9.55. The Morgan fingerprint density at radius 2 is 1.33 bits per heavy atom. The van der Waals surface area contributed by atoms with Crippen LogP contribution in [0.1, 0.15) is 134 Å². The minimum absolute atomic E-state index is 0.0987. The average Bonchev–Trinajstić information content (AvgIpc) is 2.99. The quantitative estimate of drug-likeness (QED) is 0.0316. The van der Waals surface area contributed by atoms with E-state index >= 15 is 0 Å². The molecular formula is C34H54I3NO5. The molecule has 1 atom stereocenters. The predicted octanol–water partition coefficient (Wildman–Crippen LogP) is 10.1. The minimum Gasteiger partial charge on any atom is -0.462 e. The largest absolute Gasteiger partial charge is 0.462 e. The number of nitrogens with two attached hydrogens (primary N) is 1. The molecule has 0 spiro atoms. The lowest BCUT2D eigenvalue weighted by molar-refractivity contribution is -0.161. The van der Waals surface area contributed by atoms with Crippen LogP contribution in [0, 0.1) is 10.7 Å². The SMILES string of the molecule is CCCCCCCC/C=C\CCCCCCCC(=O)OC(CO)COC(=O)CCCCCCc1c(I)cc(I)c(N)c1I. The number of carbonyl (C=O) groups excluding carboxylic acids is 2. The normalized spacial score (nSPS) is 12.1. The Kier molecular flexibility index (Phi) is 25.7. The molecule has 0 bridgehead atoms. The molecule has 0 aliphatic rings. The van der Waals surface area contributed by atoms with Gasteiger partial charge >= 0.3 is 11.9 Å². The van der Waals surface area contributed by atoms with Gasteiger partial charge in [0.05, 0.1) is 12.3 Å². The van der Waals surface area contributed by atoms with Crippen LogP contribution < -0.4 is 5.73 Å². The van der Waals surface area contributed by atoms with E-state index in [-0.39, 0.29) is 25.2 Å². The van der Waals surface area contributed by atoms with Crippen LogP contribution in [0.3, 0.4) is 0 Å². The molecule has 0 fully saturated rings. The van der Waals surface area contributed by atoms with E-state index in [2.05, 4.69) is 92.9 Å². The van der Waals surface area contributed by atoms with Gasteiger partial charge in [0.2, 0.25) is 0 Å². The van der Waals surface area contributed by atoms with Crippen LogP contribution in [-0.4, -0.2) is 36.4 Å². The van der Waals surface area contributed by atoms with Crippen LogP contribution in [0.25, 0.3) is 0 Å². The van der Waals surface area contributed by atoms with Gasteiger partial charge in [0.25, 0.3) is 0 Å². The standard InChI is InChI=1S/C34H54I3NO5/c1-2-3-4-5-6-7-8-9-10-11-12-13-14-15-20-23-32(41)43-27(25-39)26-42-31(40)22-19-17-16-18-21-28-29(35)24-30(36)34(38)33(28)37/h9-10,24,27,39H,2-8,11-23,25-26,38H2,1H3/b10-9-. The van der Waals surface area contributed by atoms with Gasteiger partial charge in [0.1, 0.15) is 6.61 Å². The summed E-state index contributed by atoms with van der Waals surface area (Å²) in [5.74, 6) is -0.659. The Bertz CT molecular complexity index is 941. The number of benzene rings is 1. The lowest BCUT2D eigenvalue weighted by Gasteiger charge is -2.15. The fraction of sp³-hybridized carbons (Fsp3) is 0.706. The van der Waals surface area contributed by atoms with Crippen molar-refractivity contribution in [1.82, 2.24) is 0 Å². The van der Waals surface area contributed by atoms with Crippen molar-refractivity contribution >= 4 is 85.4 Å². The first-order valence-electron chi connectivity index (χ1n) is 16.3. The number of hydrogen-bond acceptors (Lipinski definition) is 6. The van der Waals surface area contributed by atoms with E-state index in [1.807, 2.05) is 0 Å². The van der Waals surface area contributed by atoms with Gasteiger partial charge in [-0.1, -0.05) is 83.3 Å². The highest BCUT2D eigenvalue weighted by molar-refractivity contribution is 14.1. The summed E-state index contributed by atoms with van der Waals surface area (Å²) >= 11 is 6.97. The lowest BCUT2D eigenvalue weighted by Crippen LogP contribution is -2.28. The van der Waals surface area contributed by atoms with Gasteiger partial charge in [-0.2, -0.15) is 0 Å². The van der Waals surface area contributed by atoms with Crippen LogP contribution in [0.5, 0.6) is 0 Å². The monoisotopic (exact) mass is 937 g/mol. The molecule has 1 aromatic carbocycles. The summed E-state index contributed by atoms with van der Waals surface area (Å²) < 4.78 is 14.1. The fourth-order valence-electron chi connectivity index (χ4n) is 4.77. The van der Waals surface area contributed by atoms with Crippen LogP contribution >= 0.6 is 67.8 Å². The second-order valence-corrected chi connectivity index (χ2v) is 14.7. The number of rotatable bonds is 26. The van der Waals surface area contributed by atoms with Crippen molar-refractivity contribution in [2.24, 2.45) is 0 Å². The number of aliphatic hydroxyl groups is 1. The van der Waals surface area contributed by atoms with E-state index in [9.17, 15) is 14.7 Å². The van der Waals surface area contributed by atoms with Crippen molar-refractivity contribution in [2.75, 3.05) is 18.9 Å². The summed E-state index contributed by atoms with van der Waals surface area (Å²) in [6.07, 6.45) is 24.9. The maximum atomic E-state index is 12.2. The molecule has 0 aliphatic heterocycles. The number of anilines is 1. The Morgan fingerprint density at radius 1 is 0.791 bits per heavy atom. The van der Waals surface area contributed by atoms with E-state index in [0.717, 1.165) is 70.6 Å². The van der Waals surface area contributed by atoms with E-state index in [0.29, 0.717) is 12.8 Å². The average molecular weight is 938 g/mol. The van der Waals surface area contributed by atoms with Crippen molar-refractivity contribution in [3.05, 3.63) is 34.5 Å². The number of halogens is 3. The highest BCUT2D eigenvalue weighted by Crippen LogP contribution is 2.30. The number of nitrogen functional groups attached to an aromatic ring is 1. The van der Waals surface area contributed by atoms with Crippen LogP contribution in [0.4, 0.5) is 5.69 Å². The molecule has 0 saturated carbocycles. The van der Waals surface area contributed by atoms with E-state index < -0.39 is 6.10 Å². The number of unbranched alkanes of at least 4 members (excludes halogenated alkanes) is 14. The van der Waals surface area contributed by atoms with Gasteiger partial charge in [-0.15, -0.1) is 0 Å². The lowest BCUT2D eigenvalue weighted by atomic mass is 10.0. The number of aliphatic hydroxyl groups excluding tert-OH is 1. The molecule has 1 rings (SSSR count). The van der Waals surface area contributed by atoms with Gasteiger partial charge in [0.15, 0.2) is 6.10 Å². The highest BCUT2D eigenvalue weighted by Gasteiger charge is 2.16. The topological polar surface area (TPSA) is 98.9 Å². The maximum Gasteiger partial charge on any atom is 0.306 e. The Hall–Kier alpha value is -0.150. The van der Waals surface area contributed by atoms with E-state index in [4.69, 9.17) is 15.2 Å². The molecule has 1 aromatic rings. The van der Waals surface area contributed by atoms with E-state index in [1.165, 1.54) is 66.9 Å². The third kappa shape index (κ3) is 20.6. The van der Waals surface area contributed by atoms with Gasteiger partial charge in [-0.3, -0.25) is 9.59 Å². The molecule has 246 valence electrons. The van der Waals surface area contributed by atoms with Crippen LogP contribution in [0.2, 0.25) is 0 Å². The molecular weight excluding hydrogens is 883 g/mol. The maximum absolute atomic E-state index is 12.2. The second kappa shape index (κ2) is 27.0. The van der Waals surface area contributed by atoms with Crippen LogP contribution in [0.15, 0.2) is 18.2 Å². The third-order valence-electron chi connectivity index (χ3n) is 7.43. The van der Waals surface area contributed by atoms with Gasteiger partial charge in [0, 0.05) is 23.6 Å². The second-order valence-electron chi connectivity index (χ2n) is 11.3. The van der Waals surface area contributed by atoms with Crippen molar-refractivity contribution in [3.63, 3.8) is 0 Å². The van der Waals surface area contributed by atoms with Gasteiger partial charge in [-0.25, -0.2) is 0 Å². The molecule has 0 radical (unpaired) electrons. The minimum atomic E-state index is -0.800. The molecule has 3 N–H and O–H groups in total. The first kappa shape index (κ1) is 40.9. The van der Waals surface area contributed by atoms with Gasteiger partial charge in [-0.05, 0) is 131 Å². The molecule has 1 unspecified atom stereocenters. The molecule has 0 aromatic heterocycles. The molecule has 9 heteroatoms. The molecule has 0 saturated heterocycles. The summed E-state index contributed by atoms with van der Waals surface area (Å²) in [7, 11) is 0. The number of allylic oxidation sites excluding steroid dienone is 2. The zero-order valence-electron chi connectivity index (χ0n) is 26.2. The van der Waals surface area contributed by atoms with Crippen LogP contribution in [-0.2, 0) is 25.5 Å². The molecule has 6 nitrogen and oxygen atoms in total. The first-order chi connectivity index (χ1) is 20.8. The Labute approximate surface area is 301 Å². The highest BCUT2D eigenvalue weighted by atomic mass is 127. The van der Waals surface area contributed by atoms with Gasteiger partial charge < -0.3 is 20.3 Å². The number of ether oxygens (including phenoxy) is 2. The third-order valence-corrected chi connectivity index (χ3v) is 10.5. The summed E-state index contributed by atoms with van der Waals surface area (Å²) in [6, 6.07) is 2.13. The Morgan fingerprint density at radius 3 is 1.93 bits per heavy atom. The Balaban J connectivity index is 2.03. The number of hydrogen-bond donors (Lipinski definition) is 2. The first-order valence-corrected chi connectivity index (χ1v) is 19.6. The molecule has 43 heavy (non-hydrogen) atoms. The zero-order valence-corrected chi connectivity index (χ0v) is 32.6. The molecule has 0 amide bonds. The van der Waals surface area contributed by atoms with E-state index in [1.54, 1.807) is 0 Å². The molecule has 0 heterocycles. The number of carbonyl (C=O) groups is 2. The van der Waals surface area contributed by atoms with Crippen molar-refractivity contribution in [3.8, 4) is 0 Å². The van der Waals surface area contributed by atoms with Crippen molar-refractivity contribution in [1.29, 1.82) is 0 Å². The summed E-state index contributed by atoms with van der Waals surface area (Å²) in [5.41, 5.74) is 8.34. The summed E-state index contributed by atoms with van der Waals surface area (Å²) in [4.78, 5) is 24.3. The van der Waals surface area contributed by atoms with Crippen molar-refractivity contribution in [2.45, 2.75) is 141 Å². The smallest absolute Gasteiger partial charge is 0.306 e.